The summed E-state index contributed by atoms with van der Waals surface area (Å²) in [6.45, 7) is 0.219. The molecule has 4 rings (SSSR count). The van der Waals surface area contributed by atoms with E-state index in [9.17, 15) is 9.59 Å². The van der Waals surface area contributed by atoms with Crippen LogP contribution in [0.2, 0.25) is 5.02 Å². The van der Waals surface area contributed by atoms with E-state index in [1.165, 1.54) is 22.5 Å². The molecule has 1 heterocycles. The Bertz CT molecular complexity index is 1050. The number of hydrogen-bond acceptors (Lipinski definition) is 4. The molecule has 31 heavy (non-hydrogen) atoms. The van der Waals surface area contributed by atoms with Crippen LogP contribution in [-0.2, 0) is 16.0 Å². The van der Waals surface area contributed by atoms with E-state index in [1.807, 2.05) is 35.7 Å². The number of halogens is 1. The van der Waals surface area contributed by atoms with Gasteiger partial charge >= 0.3 is 12.1 Å². The fourth-order valence-electron chi connectivity index (χ4n) is 4.03. The Morgan fingerprint density at radius 3 is 2.32 bits per heavy atom. The molecule has 1 atom stereocenters. The monoisotopic (exact) mass is 455 g/mol. The zero-order chi connectivity index (χ0) is 21.8. The first-order chi connectivity index (χ1) is 15.0. The molecular weight excluding hydrogens is 434 g/mol. The van der Waals surface area contributed by atoms with Crippen LogP contribution in [0.15, 0.2) is 60.0 Å². The highest BCUT2D eigenvalue weighted by Gasteiger charge is 2.29. The second-order valence-corrected chi connectivity index (χ2v) is 8.97. The standard InChI is InChI=1S/C24H22ClNO4S/c25-15-11-17(31-14-15)12-16(9-10-23(27)28)26-24(29)30-13-22-20-7-3-1-5-18(20)19-6-2-4-8-21(19)22/h1-8,11,14,16,22H,9-10,12-13H2,(H,26,29)(H,27,28). The second-order valence-electron chi connectivity index (χ2n) is 7.53. The Balaban J connectivity index is 1.41. The van der Waals surface area contributed by atoms with Crippen LogP contribution in [0.5, 0.6) is 0 Å². The highest BCUT2D eigenvalue weighted by Crippen LogP contribution is 2.44. The van der Waals surface area contributed by atoms with Gasteiger partial charge < -0.3 is 15.2 Å². The number of alkyl carbamates (subject to hydrolysis) is 1. The number of carbonyl (C=O) groups excluding carboxylic acids is 1. The maximum absolute atomic E-state index is 12.6. The molecular formula is C24H22ClNO4S. The van der Waals surface area contributed by atoms with Gasteiger partial charge in [-0.3, -0.25) is 4.79 Å². The molecule has 1 unspecified atom stereocenters. The summed E-state index contributed by atoms with van der Waals surface area (Å²) in [5.74, 6) is -0.921. The highest BCUT2D eigenvalue weighted by molar-refractivity contribution is 7.10. The molecule has 0 bridgehead atoms. The Morgan fingerprint density at radius 2 is 1.74 bits per heavy atom. The first-order valence-electron chi connectivity index (χ1n) is 10.1. The van der Waals surface area contributed by atoms with Crippen molar-refractivity contribution in [3.63, 3.8) is 0 Å². The minimum Gasteiger partial charge on any atom is -0.481 e. The third kappa shape index (κ3) is 5.09. The number of carboxylic acid groups (broad SMARTS) is 1. The number of rotatable bonds is 8. The van der Waals surface area contributed by atoms with E-state index in [4.69, 9.17) is 21.4 Å². The molecule has 160 valence electrons. The third-order valence-corrected chi connectivity index (χ3v) is 6.75. The lowest BCUT2D eigenvalue weighted by atomic mass is 9.98. The van der Waals surface area contributed by atoms with Gasteiger partial charge in [0.1, 0.15) is 6.61 Å². The predicted octanol–water partition coefficient (Wildman–Crippen LogP) is 5.72. The van der Waals surface area contributed by atoms with E-state index >= 15 is 0 Å². The molecule has 1 aliphatic carbocycles. The minimum atomic E-state index is -0.899. The minimum absolute atomic E-state index is 0.0216. The molecule has 0 radical (unpaired) electrons. The third-order valence-electron chi connectivity index (χ3n) is 5.44. The topological polar surface area (TPSA) is 75.6 Å². The van der Waals surface area contributed by atoms with Crippen LogP contribution in [0.4, 0.5) is 4.79 Å². The van der Waals surface area contributed by atoms with Crippen molar-refractivity contribution in [3.8, 4) is 11.1 Å². The molecule has 0 fully saturated rings. The van der Waals surface area contributed by atoms with E-state index < -0.39 is 12.1 Å². The van der Waals surface area contributed by atoms with Gasteiger partial charge in [0, 0.05) is 35.1 Å². The van der Waals surface area contributed by atoms with Gasteiger partial charge in [-0.05, 0) is 34.7 Å². The fourth-order valence-corrected chi connectivity index (χ4v) is 5.19. The van der Waals surface area contributed by atoms with Crippen molar-refractivity contribution in [1.29, 1.82) is 0 Å². The van der Waals surface area contributed by atoms with Gasteiger partial charge in [0.15, 0.2) is 0 Å². The highest BCUT2D eigenvalue weighted by atomic mass is 35.5. The Morgan fingerprint density at radius 1 is 1.10 bits per heavy atom. The van der Waals surface area contributed by atoms with E-state index in [-0.39, 0.29) is 25.0 Å². The molecule has 1 aliphatic rings. The van der Waals surface area contributed by atoms with Crippen LogP contribution in [0.3, 0.4) is 0 Å². The number of aliphatic carboxylic acids is 1. The summed E-state index contributed by atoms with van der Waals surface area (Å²) < 4.78 is 5.60. The summed E-state index contributed by atoms with van der Waals surface area (Å²) in [6, 6.07) is 17.8. The van der Waals surface area contributed by atoms with Crippen molar-refractivity contribution in [1.82, 2.24) is 5.32 Å². The Kier molecular flexibility index (Phi) is 6.59. The summed E-state index contributed by atoms with van der Waals surface area (Å²) in [4.78, 5) is 24.6. The number of amides is 1. The summed E-state index contributed by atoms with van der Waals surface area (Å²) in [6.07, 6.45) is 0.247. The molecule has 1 amide bonds. The SMILES string of the molecule is O=C(O)CCC(Cc1cc(Cl)cs1)NC(=O)OCC1c2ccccc2-c2ccccc21. The Hall–Kier alpha value is -2.83. The number of carboxylic acids is 1. The van der Waals surface area contributed by atoms with Crippen molar-refractivity contribution in [3.05, 3.63) is 81.0 Å². The van der Waals surface area contributed by atoms with Gasteiger partial charge in [-0.2, -0.15) is 0 Å². The van der Waals surface area contributed by atoms with Gasteiger partial charge in [-0.25, -0.2) is 4.79 Å². The molecule has 0 spiro atoms. The molecule has 0 aliphatic heterocycles. The maximum Gasteiger partial charge on any atom is 0.407 e. The second kappa shape index (κ2) is 9.54. The van der Waals surface area contributed by atoms with E-state index in [0.717, 1.165) is 16.0 Å². The zero-order valence-electron chi connectivity index (χ0n) is 16.7. The number of hydrogen-bond donors (Lipinski definition) is 2. The molecule has 0 saturated heterocycles. The predicted molar refractivity (Wildman–Crippen MR) is 122 cm³/mol. The zero-order valence-corrected chi connectivity index (χ0v) is 18.3. The number of carbonyl (C=O) groups is 2. The van der Waals surface area contributed by atoms with Crippen LogP contribution >= 0.6 is 22.9 Å². The largest absolute Gasteiger partial charge is 0.481 e. The summed E-state index contributed by atoms with van der Waals surface area (Å²) in [5.41, 5.74) is 4.63. The lowest BCUT2D eigenvalue weighted by molar-refractivity contribution is -0.137. The molecule has 0 saturated carbocycles. The van der Waals surface area contributed by atoms with Crippen molar-refractivity contribution < 1.29 is 19.4 Å². The molecule has 2 aromatic carbocycles. The maximum atomic E-state index is 12.6. The van der Waals surface area contributed by atoms with Crippen molar-refractivity contribution >= 4 is 35.0 Å². The van der Waals surface area contributed by atoms with Gasteiger partial charge in [-0.15, -0.1) is 11.3 Å². The van der Waals surface area contributed by atoms with Crippen LogP contribution < -0.4 is 5.32 Å². The molecule has 5 nitrogen and oxygen atoms in total. The van der Waals surface area contributed by atoms with Gasteiger partial charge in [0.2, 0.25) is 0 Å². The number of nitrogens with one attached hydrogen (secondary N) is 1. The molecule has 1 aromatic heterocycles. The van der Waals surface area contributed by atoms with Crippen molar-refractivity contribution in [2.45, 2.75) is 31.2 Å². The number of thiophene rings is 1. The average molecular weight is 456 g/mol. The van der Waals surface area contributed by atoms with Gasteiger partial charge in [0.25, 0.3) is 0 Å². The lowest BCUT2D eigenvalue weighted by Gasteiger charge is -2.19. The van der Waals surface area contributed by atoms with Gasteiger partial charge in [0.05, 0.1) is 5.02 Å². The van der Waals surface area contributed by atoms with Crippen LogP contribution in [-0.4, -0.2) is 29.8 Å². The van der Waals surface area contributed by atoms with E-state index in [1.54, 1.807) is 0 Å². The lowest BCUT2D eigenvalue weighted by Crippen LogP contribution is -2.37. The van der Waals surface area contributed by atoms with Crippen LogP contribution in [0.25, 0.3) is 11.1 Å². The summed E-state index contributed by atoms with van der Waals surface area (Å²) in [5, 5.41) is 14.3. The van der Waals surface area contributed by atoms with Crippen LogP contribution in [0.1, 0.15) is 34.8 Å². The summed E-state index contributed by atoms with van der Waals surface area (Å²) >= 11 is 7.47. The first kappa shape index (κ1) is 21.4. The fraction of sp³-hybridized carbons (Fsp3) is 0.250. The number of ether oxygens (including phenoxy) is 1. The Labute approximate surface area is 189 Å². The number of fused-ring (bicyclic) bond motifs is 3. The van der Waals surface area contributed by atoms with E-state index in [2.05, 4.69) is 29.6 Å². The van der Waals surface area contributed by atoms with E-state index in [0.29, 0.717) is 17.9 Å². The van der Waals surface area contributed by atoms with Gasteiger partial charge in [-0.1, -0.05) is 60.1 Å². The normalized spacial score (nSPS) is 13.3. The van der Waals surface area contributed by atoms with Crippen LogP contribution in [0, 0.1) is 0 Å². The molecule has 3 aromatic rings. The molecule has 2 N–H and O–H groups in total. The smallest absolute Gasteiger partial charge is 0.407 e. The first-order valence-corrected chi connectivity index (χ1v) is 11.3. The number of benzene rings is 2. The quantitative estimate of drug-likeness (QED) is 0.455. The average Bonchev–Trinajstić information content (AvgIpc) is 3.31. The van der Waals surface area contributed by atoms with Crippen molar-refractivity contribution in [2.24, 2.45) is 0 Å². The molecule has 7 heteroatoms. The van der Waals surface area contributed by atoms with Crippen molar-refractivity contribution in [2.75, 3.05) is 6.61 Å². The summed E-state index contributed by atoms with van der Waals surface area (Å²) in [7, 11) is 0.